The quantitative estimate of drug-likeness (QED) is 0.938. The van der Waals surface area contributed by atoms with Gasteiger partial charge in [0.2, 0.25) is 5.91 Å². The normalized spacial score (nSPS) is 24.4. The number of hydrogen-bond acceptors (Lipinski definition) is 3. The number of aromatic nitrogens is 1. The first-order chi connectivity index (χ1) is 12.1. The molecule has 1 saturated heterocycles. The van der Waals surface area contributed by atoms with Crippen LogP contribution in [0.1, 0.15) is 28.8 Å². The maximum absolute atomic E-state index is 12.7. The van der Waals surface area contributed by atoms with Gasteiger partial charge in [-0.2, -0.15) is 0 Å². The standard InChI is InChI=1S/C20H21N3O2/c1-14-4-2-5-15(10-14)19(25)23-9-7-20(13-23)11-17(20)18(24)22-16-6-3-8-21-12-16/h2-6,8,10,12,17H,7,9,11,13H2,1H3,(H,22,24)/t17-,20+/m1/s1. The van der Waals surface area contributed by atoms with E-state index in [0.717, 1.165) is 36.2 Å². The van der Waals surface area contributed by atoms with Crippen LogP contribution in [0, 0.1) is 18.3 Å². The third-order valence-corrected chi connectivity index (χ3v) is 5.37. The first-order valence-corrected chi connectivity index (χ1v) is 8.64. The number of carbonyl (C=O) groups is 2. The summed E-state index contributed by atoms with van der Waals surface area (Å²) in [5.74, 6) is 0.0970. The average Bonchev–Trinajstić information content (AvgIpc) is 3.16. The summed E-state index contributed by atoms with van der Waals surface area (Å²) >= 11 is 0. The highest BCUT2D eigenvalue weighted by Crippen LogP contribution is 2.58. The predicted molar refractivity (Wildman–Crippen MR) is 95.1 cm³/mol. The fraction of sp³-hybridized carbons (Fsp3) is 0.350. The summed E-state index contributed by atoms with van der Waals surface area (Å²) in [6.45, 7) is 3.39. The Kier molecular flexibility index (Phi) is 3.79. The molecule has 2 atom stereocenters. The summed E-state index contributed by atoms with van der Waals surface area (Å²) in [5, 5.41) is 2.93. The van der Waals surface area contributed by atoms with Crippen LogP contribution < -0.4 is 5.32 Å². The number of nitrogens with one attached hydrogen (secondary N) is 1. The van der Waals surface area contributed by atoms with Crippen LogP contribution in [0.15, 0.2) is 48.8 Å². The Morgan fingerprint density at radius 1 is 1.28 bits per heavy atom. The molecule has 1 aliphatic carbocycles. The molecule has 1 N–H and O–H groups in total. The van der Waals surface area contributed by atoms with E-state index in [9.17, 15) is 9.59 Å². The third kappa shape index (κ3) is 3.02. The summed E-state index contributed by atoms with van der Waals surface area (Å²) in [6, 6.07) is 11.3. The van der Waals surface area contributed by atoms with E-state index in [1.165, 1.54) is 0 Å². The Bertz CT molecular complexity index is 821. The maximum Gasteiger partial charge on any atom is 0.253 e. The molecule has 1 saturated carbocycles. The van der Waals surface area contributed by atoms with Crippen LogP contribution in [0.3, 0.4) is 0 Å². The highest BCUT2D eigenvalue weighted by molar-refractivity contribution is 5.96. The zero-order chi connectivity index (χ0) is 17.4. The number of pyridine rings is 1. The number of likely N-dealkylation sites (tertiary alicyclic amines) is 1. The second kappa shape index (κ2) is 5.99. The summed E-state index contributed by atoms with van der Waals surface area (Å²) in [7, 11) is 0. The van der Waals surface area contributed by atoms with Crippen molar-refractivity contribution in [2.24, 2.45) is 11.3 Å². The fourth-order valence-electron chi connectivity index (χ4n) is 3.87. The molecule has 25 heavy (non-hydrogen) atoms. The zero-order valence-corrected chi connectivity index (χ0v) is 14.2. The number of hydrogen-bond donors (Lipinski definition) is 1. The van der Waals surface area contributed by atoms with Crippen LogP contribution in [0.5, 0.6) is 0 Å². The van der Waals surface area contributed by atoms with Crippen molar-refractivity contribution in [1.82, 2.24) is 9.88 Å². The van der Waals surface area contributed by atoms with Crippen LogP contribution in [-0.4, -0.2) is 34.8 Å². The molecule has 2 amide bonds. The number of carbonyl (C=O) groups excluding carboxylic acids is 2. The number of rotatable bonds is 3. The largest absolute Gasteiger partial charge is 0.338 e. The number of nitrogens with zero attached hydrogens (tertiary/aromatic N) is 2. The van der Waals surface area contributed by atoms with E-state index >= 15 is 0 Å². The third-order valence-electron chi connectivity index (χ3n) is 5.37. The molecule has 0 unspecified atom stereocenters. The highest BCUT2D eigenvalue weighted by atomic mass is 16.2. The Morgan fingerprint density at radius 3 is 2.92 bits per heavy atom. The number of aryl methyl sites for hydroxylation is 1. The number of anilines is 1. The Labute approximate surface area is 147 Å². The van der Waals surface area contributed by atoms with Gasteiger partial charge in [0.1, 0.15) is 0 Å². The van der Waals surface area contributed by atoms with Gasteiger partial charge in [-0.25, -0.2) is 0 Å². The monoisotopic (exact) mass is 335 g/mol. The van der Waals surface area contributed by atoms with Gasteiger partial charge in [-0.05, 0) is 44.0 Å². The van der Waals surface area contributed by atoms with Crippen molar-refractivity contribution in [2.75, 3.05) is 18.4 Å². The number of amides is 2. The average molecular weight is 335 g/mol. The van der Waals surface area contributed by atoms with E-state index in [1.54, 1.807) is 18.5 Å². The van der Waals surface area contributed by atoms with Crippen molar-refractivity contribution >= 4 is 17.5 Å². The van der Waals surface area contributed by atoms with Crippen molar-refractivity contribution in [3.63, 3.8) is 0 Å². The van der Waals surface area contributed by atoms with Crippen LogP contribution in [-0.2, 0) is 4.79 Å². The molecule has 2 aromatic rings. The van der Waals surface area contributed by atoms with Crippen molar-refractivity contribution in [3.8, 4) is 0 Å². The van der Waals surface area contributed by atoms with Gasteiger partial charge in [0.15, 0.2) is 0 Å². The topological polar surface area (TPSA) is 62.3 Å². The first-order valence-electron chi connectivity index (χ1n) is 8.64. The van der Waals surface area contributed by atoms with Gasteiger partial charge >= 0.3 is 0 Å². The smallest absolute Gasteiger partial charge is 0.253 e. The van der Waals surface area contributed by atoms with E-state index in [0.29, 0.717) is 6.54 Å². The zero-order valence-electron chi connectivity index (χ0n) is 14.2. The second-order valence-electron chi connectivity index (χ2n) is 7.20. The summed E-state index contributed by atoms with van der Waals surface area (Å²) in [4.78, 5) is 31.1. The van der Waals surface area contributed by atoms with Crippen molar-refractivity contribution in [3.05, 3.63) is 59.9 Å². The lowest BCUT2D eigenvalue weighted by atomic mass is 10.0. The van der Waals surface area contributed by atoms with Gasteiger partial charge in [0, 0.05) is 36.2 Å². The van der Waals surface area contributed by atoms with Crippen LogP contribution in [0.2, 0.25) is 0 Å². The van der Waals surface area contributed by atoms with Crippen LogP contribution >= 0.6 is 0 Å². The molecule has 1 aromatic carbocycles. The van der Waals surface area contributed by atoms with Gasteiger partial charge in [0.05, 0.1) is 11.9 Å². The molecular formula is C20H21N3O2. The molecule has 0 bridgehead atoms. The van der Waals surface area contributed by atoms with Crippen molar-refractivity contribution in [2.45, 2.75) is 19.8 Å². The molecular weight excluding hydrogens is 314 g/mol. The lowest BCUT2D eigenvalue weighted by Gasteiger charge is -2.17. The fourth-order valence-corrected chi connectivity index (χ4v) is 3.87. The van der Waals surface area contributed by atoms with Gasteiger partial charge < -0.3 is 10.2 Å². The molecule has 5 heteroatoms. The second-order valence-corrected chi connectivity index (χ2v) is 7.20. The van der Waals surface area contributed by atoms with Crippen molar-refractivity contribution < 1.29 is 9.59 Å². The molecule has 1 spiro atoms. The molecule has 2 fully saturated rings. The Morgan fingerprint density at radius 2 is 2.16 bits per heavy atom. The molecule has 5 nitrogen and oxygen atoms in total. The SMILES string of the molecule is Cc1cccc(C(=O)N2CC[C@]3(C[C@@H]3C(=O)Nc3cccnc3)C2)c1. The summed E-state index contributed by atoms with van der Waals surface area (Å²) < 4.78 is 0. The lowest BCUT2D eigenvalue weighted by Crippen LogP contribution is -2.30. The van der Waals surface area contributed by atoms with Gasteiger partial charge in [0.25, 0.3) is 5.91 Å². The summed E-state index contributed by atoms with van der Waals surface area (Å²) in [6.07, 6.45) is 5.08. The molecule has 0 radical (unpaired) electrons. The van der Waals surface area contributed by atoms with Crippen molar-refractivity contribution in [1.29, 1.82) is 0 Å². The maximum atomic E-state index is 12.7. The minimum atomic E-state index is -0.0359. The number of benzene rings is 1. The van der Waals surface area contributed by atoms with E-state index < -0.39 is 0 Å². The van der Waals surface area contributed by atoms with Gasteiger partial charge in [-0.1, -0.05) is 17.7 Å². The molecule has 4 rings (SSSR count). The lowest BCUT2D eigenvalue weighted by molar-refractivity contribution is -0.118. The highest BCUT2D eigenvalue weighted by Gasteiger charge is 2.61. The van der Waals surface area contributed by atoms with Crippen LogP contribution in [0.25, 0.3) is 0 Å². The predicted octanol–water partition coefficient (Wildman–Crippen LogP) is 2.88. The Hall–Kier alpha value is -2.69. The first kappa shape index (κ1) is 15.8. The minimum absolute atomic E-state index is 0.0111. The van der Waals surface area contributed by atoms with E-state index in [4.69, 9.17) is 0 Å². The molecule has 2 aliphatic rings. The molecule has 2 heterocycles. The Balaban J connectivity index is 1.40. The van der Waals surface area contributed by atoms with Crippen LogP contribution in [0.4, 0.5) is 5.69 Å². The molecule has 1 aromatic heterocycles. The minimum Gasteiger partial charge on any atom is -0.338 e. The van der Waals surface area contributed by atoms with E-state index in [2.05, 4.69) is 10.3 Å². The molecule has 1 aliphatic heterocycles. The van der Waals surface area contributed by atoms with Gasteiger partial charge in [-0.3, -0.25) is 14.6 Å². The van der Waals surface area contributed by atoms with E-state index in [1.807, 2.05) is 42.2 Å². The molecule has 128 valence electrons. The summed E-state index contributed by atoms with van der Waals surface area (Å²) in [5.41, 5.74) is 2.50. The van der Waals surface area contributed by atoms with E-state index in [-0.39, 0.29) is 23.1 Å². The van der Waals surface area contributed by atoms with Gasteiger partial charge in [-0.15, -0.1) is 0 Å².